The number of benzene rings is 1. The second-order valence-corrected chi connectivity index (χ2v) is 4.86. The Kier molecular flexibility index (Phi) is 4.11. The first kappa shape index (κ1) is 13.9. The molecule has 0 radical (unpaired) electrons. The van der Waals surface area contributed by atoms with Crippen molar-refractivity contribution in [3.8, 4) is 5.75 Å². The van der Waals surface area contributed by atoms with Gasteiger partial charge >= 0.3 is 5.97 Å². The second-order valence-electron chi connectivity index (χ2n) is 4.07. The summed E-state index contributed by atoms with van der Waals surface area (Å²) in [6.45, 7) is 0.554. The molecule has 4 N–H and O–H groups in total. The predicted octanol–water partition coefficient (Wildman–Crippen LogP) is 1.97. The third-order valence-corrected chi connectivity index (χ3v) is 3.38. The van der Waals surface area contributed by atoms with Crippen LogP contribution in [0.2, 0.25) is 0 Å². The van der Waals surface area contributed by atoms with E-state index in [1.807, 2.05) is 0 Å². The molecule has 0 aliphatic heterocycles. The Hall–Kier alpha value is -1.14. The van der Waals surface area contributed by atoms with Gasteiger partial charge in [-0.15, -0.1) is 0 Å². The maximum absolute atomic E-state index is 12.9. The lowest BCUT2D eigenvalue weighted by atomic mass is 9.91. The highest BCUT2D eigenvalue weighted by atomic mass is 79.9. The minimum absolute atomic E-state index is 0.0134. The Balaban J connectivity index is 3.16. The van der Waals surface area contributed by atoms with Crippen molar-refractivity contribution >= 4 is 21.9 Å². The van der Waals surface area contributed by atoms with E-state index in [9.17, 15) is 14.3 Å². The molecule has 0 saturated heterocycles. The summed E-state index contributed by atoms with van der Waals surface area (Å²) in [5, 5.41) is 18.3. The number of rotatable bonds is 4. The Morgan fingerprint density at radius 1 is 1.59 bits per heavy atom. The van der Waals surface area contributed by atoms with Crippen LogP contribution in [0.5, 0.6) is 5.75 Å². The number of aliphatic carboxylic acids is 1. The summed E-state index contributed by atoms with van der Waals surface area (Å²) in [7, 11) is 0. The molecular weight excluding hydrogens is 293 g/mol. The molecule has 6 heteroatoms. The third-order valence-electron chi connectivity index (χ3n) is 2.50. The van der Waals surface area contributed by atoms with Gasteiger partial charge in [0.05, 0.1) is 4.47 Å². The van der Waals surface area contributed by atoms with Crippen LogP contribution in [-0.4, -0.2) is 21.7 Å². The highest BCUT2D eigenvalue weighted by Crippen LogP contribution is 2.32. The fraction of sp³-hybridized carbons (Fsp3) is 0.364. The van der Waals surface area contributed by atoms with E-state index in [0.717, 1.165) is 0 Å². The van der Waals surface area contributed by atoms with Crippen molar-refractivity contribution in [2.24, 2.45) is 5.73 Å². The SMILES string of the molecule is C[C@](N)(Cc1ccc(O)c(Br)c1CF)C(=O)O. The first-order valence-electron chi connectivity index (χ1n) is 4.87. The number of hydrogen-bond acceptors (Lipinski definition) is 3. The van der Waals surface area contributed by atoms with Gasteiger partial charge in [-0.05, 0) is 34.5 Å². The molecule has 0 fully saturated rings. The van der Waals surface area contributed by atoms with E-state index in [1.54, 1.807) is 0 Å². The molecule has 0 unspecified atom stereocenters. The molecule has 0 aliphatic rings. The Labute approximate surface area is 106 Å². The van der Waals surface area contributed by atoms with Gasteiger partial charge in [-0.2, -0.15) is 0 Å². The molecule has 0 aliphatic carbocycles. The van der Waals surface area contributed by atoms with Crippen molar-refractivity contribution in [2.45, 2.75) is 25.6 Å². The van der Waals surface area contributed by atoms with Gasteiger partial charge in [0.2, 0.25) is 0 Å². The summed E-state index contributed by atoms with van der Waals surface area (Å²) >= 11 is 3.06. The van der Waals surface area contributed by atoms with Gasteiger partial charge in [0.15, 0.2) is 0 Å². The zero-order valence-corrected chi connectivity index (χ0v) is 10.8. The minimum atomic E-state index is -1.47. The maximum atomic E-state index is 12.9. The van der Waals surface area contributed by atoms with Crippen LogP contribution in [0.1, 0.15) is 18.1 Å². The quantitative estimate of drug-likeness (QED) is 0.794. The van der Waals surface area contributed by atoms with Crippen LogP contribution in [0.15, 0.2) is 16.6 Å². The van der Waals surface area contributed by atoms with Gasteiger partial charge in [-0.1, -0.05) is 6.07 Å². The second kappa shape index (κ2) is 5.01. The molecule has 1 aromatic carbocycles. The number of nitrogens with two attached hydrogens (primary N) is 1. The average Bonchev–Trinajstić information content (AvgIpc) is 2.23. The van der Waals surface area contributed by atoms with Crippen LogP contribution in [0.25, 0.3) is 0 Å². The molecule has 1 atom stereocenters. The molecule has 1 rings (SSSR count). The standard InChI is InChI=1S/C11H13BrFNO3/c1-11(14,10(16)17)4-6-2-3-8(15)9(12)7(6)5-13/h2-3,15H,4-5,14H2,1H3,(H,16,17)/t11-/m0/s1. The number of carboxylic acids is 1. The fourth-order valence-electron chi connectivity index (χ4n) is 1.43. The molecule has 4 nitrogen and oxygen atoms in total. The lowest BCUT2D eigenvalue weighted by Crippen LogP contribution is -2.47. The summed E-state index contributed by atoms with van der Waals surface area (Å²) in [5.74, 6) is -1.25. The number of alkyl halides is 1. The first-order chi connectivity index (χ1) is 7.79. The van der Waals surface area contributed by atoms with Gasteiger partial charge in [-0.3, -0.25) is 4.79 Å². The van der Waals surface area contributed by atoms with Gasteiger partial charge in [-0.25, -0.2) is 4.39 Å². The van der Waals surface area contributed by atoms with E-state index in [0.29, 0.717) is 5.56 Å². The summed E-state index contributed by atoms with van der Waals surface area (Å²) in [5.41, 5.74) is 4.82. The van der Waals surface area contributed by atoms with E-state index >= 15 is 0 Å². The van der Waals surface area contributed by atoms with Crippen molar-refractivity contribution < 1.29 is 19.4 Å². The minimum Gasteiger partial charge on any atom is -0.507 e. The van der Waals surface area contributed by atoms with Crippen LogP contribution in [0.3, 0.4) is 0 Å². The van der Waals surface area contributed by atoms with Crippen molar-refractivity contribution in [2.75, 3.05) is 0 Å². The highest BCUT2D eigenvalue weighted by Gasteiger charge is 2.29. The lowest BCUT2D eigenvalue weighted by Gasteiger charge is -2.21. The number of aromatic hydroxyl groups is 1. The first-order valence-corrected chi connectivity index (χ1v) is 5.66. The molecule has 0 amide bonds. The van der Waals surface area contributed by atoms with Crippen molar-refractivity contribution in [1.29, 1.82) is 0 Å². The van der Waals surface area contributed by atoms with Crippen LogP contribution in [0.4, 0.5) is 4.39 Å². The van der Waals surface area contributed by atoms with E-state index in [-0.39, 0.29) is 22.2 Å². The van der Waals surface area contributed by atoms with Crippen molar-refractivity contribution in [1.82, 2.24) is 0 Å². The maximum Gasteiger partial charge on any atom is 0.323 e. The molecule has 1 aromatic rings. The molecule has 0 heterocycles. The smallest absolute Gasteiger partial charge is 0.323 e. The molecule has 17 heavy (non-hydrogen) atoms. The number of carboxylic acid groups (broad SMARTS) is 1. The van der Waals surface area contributed by atoms with Crippen LogP contribution >= 0.6 is 15.9 Å². The zero-order valence-electron chi connectivity index (χ0n) is 9.20. The highest BCUT2D eigenvalue weighted by molar-refractivity contribution is 9.10. The predicted molar refractivity (Wildman–Crippen MR) is 64.6 cm³/mol. The van der Waals surface area contributed by atoms with Gasteiger partial charge in [0.1, 0.15) is 18.0 Å². The third kappa shape index (κ3) is 2.95. The van der Waals surface area contributed by atoms with E-state index in [4.69, 9.17) is 10.8 Å². The molecular formula is C11H13BrFNO3. The van der Waals surface area contributed by atoms with Crippen LogP contribution in [0, 0.1) is 0 Å². The summed E-state index contributed by atoms with van der Waals surface area (Å²) < 4.78 is 13.1. The average molecular weight is 306 g/mol. The fourth-order valence-corrected chi connectivity index (χ4v) is 1.92. The Morgan fingerprint density at radius 3 is 2.65 bits per heavy atom. The molecule has 94 valence electrons. The van der Waals surface area contributed by atoms with E-state index in [2.05, 4.69) is 15.9 Å². The summed E-state index contributed by atoms with van der Waals surface area (Å²) in [6, 6.07) is 2.85. The molecule has 0 spiro atoms. The summed E-state index contributed by atoms with van der Waals surface area (Å²) in [4.78, 5) is 10.9. The normalized spacial score (nSPS) is 14.4. The molecule has 0 aromatic heterocycles. The van der Waals surface area contributed by atoms with E-state index < -0.39 is 18.2 Å². The number of phenolic OH excluding ortho intramolecular Hbond substituents is 1. The van der Waals surface area contributed by atoms with Crippen molar-refractivity contribution in [3.05, 3.63) is 27.7 Å². The number of phenols is 1. The van der Waals surface area contributed by atoms with Gasteiger partial charge < -0.3 is 15.9 Å². The molecule has 0 saturated carbocycles. The Bertz CT molecular complexity index is 449. The number of halogens is 2. The monoisotopic (exact) mass is 305 g/mol. The topological polar surface area (TPSA) is 83.5 Å². The number of carbonyl (C=O) groups is 1. The zero-order chi connectivity index (χ0) is 13.2. The Morgan fingerprint density at radius 2 is 2.18 bits per heavy atom. The number of hydrogen-bond donors (Lipinski definition) is 3. The summed E-state index contributed by atoms with van der Waals surface area (Å²) in [6.07, 6.45) is -0.0134. The van der Waals surface area contributed by atoms with Gasteiger partial charge in [0, 0.05) is 12.0 Å². The molecule has 0 bridgehead atoms. The lowest BCUT2D eigenvalue weighted by molar-refractivity contribution is -0.142. The van der Waals surface area contributed by atoms with Gasteiger partial charge in [0.25, 0.3) is 0 Å². The van der Waals surface area contributed by atoms with Crippen LogP contribution < -0.4 is 5.73 Å². The van der Waals surface area contributed by atoms with E-state index in [1.165, 1.54) is 19.1 Å². The largest absolute Gasteiger partial charge is 0.507 e. The van der Waals surface area contributed by atoms with Crippen molar-refractivity contribution in [3.63, 3.8) is 0 Å². The van der Waals surface area contributed by atoms with Crippen LogP contribution in [-0.2, 0) is 17.9 Å².